The second-order valence-corrected chi connectivity index (χ2v) is 4.59. The number of carbonyl (C=O) groups excluding carboxylic acids is 2. The number of rotatable bonds is 4. The number of nitrogens with two attached hydrogens (primary N) is 1. The molecule has 1 fully saturated rings. The van der Waals surface area contributed by atoms with Gasteiger partial charge < -0.3 is 16.0 Å². The first kappa shape index (κ1) is 12.3. The Hall–Kier alpha value is -0.750. The Kier molecular flexibility index (Phi) is 4.90. The average Bonchev–Trinajstić information content (AvgIpc) is 2.68. The number of nitrogens with one attached hydrogen (secondary N) is 1. The van der Waals surface area contributed by atoms with Gasteiger partial charge in [0.15, 0.2) is 0 Å². The highest BCUT2D eigenvalue weighted by molar-refractivity contribution is 7.99. The molecule has 0 bridgehead atoms. The first-order chi connectivity index (χ1) is 7.11. The first-order valence-corrected chi connectivity index (χ1v) is 6.13. The Morgan fingerprint density at radius 2 is 2.33 bits per heavy atom. The summed E-state index contributed by atoms with van der Waals surface area (Å²) in [6.07, 6.45) is 0.500. The summed E-state index contributed by atoms with van der Waals surface area (Å²) in [6.45, 7) is 2.70. The lowest BCUT2D eigenvalue weighted by Crippen LogP contribution is -2.44. The molecule has 1 rings (SSSR count). The van der Waals surface area contributed by atoms with Crippen LogP contribution in [0, 0.1) is 0 Å². The Labute approximate surface area is 93.7 Å². The number of thioether (sulfide) groups is 1. The molecule has 0 saturated carbocycles. The number of hydrogen-bond donors (Lipinski definition) is 2. The van der Waals surface area contributed by atoms with Crippen LogP contribution >= 0.6 is 11.8 Å². The van der Waals surface area contributed by atoms with Crippen molar-refractivity contribution in [3.05, 3.63) is 0 Å². The van der Waals surface area contributed by atoms with Crippen LogP contribution in [0.3, 0.4) is 0 Å². The van der Waals surface area contributed by atoms with Crippen molar-refractivity contribution < 1.29 is 9.59 Å². The van der Waals surface area contributed by atoms with Gasteiger partial charge in [0.05, 0.1) is 11.9 Å². The third-order valence-electron chi connectivity index (χ3n) is 2.21. The van der Waals surface area contributed by atoms with E-state index in [0.29, 0.717) is 13.0 Å². The van der Waals surface area contributed by atoms with Crippen molar-refractivity contribution >= 4 is 23.6 Å². The van der Waals surface area contributed by atoms with E-state index in [1.54, 1.807) is 16.7 Å². The van der Waals surface area contributed by atoms with E-state index >= 15 is 0 Å². The van der Waals surface area contributed by atoms with E-state index < -0.39 is 6.04 Å². The first-order valence-electron chi connectivity index (χ1n) is 4.98. The summed E-state index contributed by atoms with van der Waals surface area (Å²) in [6, 6.07) is -0.490. The molecule has 5 nitrogen and oxygen atoms in total. The van der Waals surface area contributed by atoms with Crippen LogP contribution in [0.15, 0.2) is 0 Å². The molecule has 15 heavy (non-hydrogen) atoms. The van der Waals surface area contributed by atoms with Gasteiger partial charge in [-0.1, -0.05) is 0 Å². The topological polar surface area (TPSA) is 75.4 Å². The molecule has 0 spiro atoms. The molecule has 3 N–H and O–H groups in total. The Bertz CT molecular complexity index is 242. The van der Waals surface area contributed by atoms with Gasteiger partial charge >= 0.3 is 0 Å². The van der Waals surface area contributed by atoms with Gasteiger partial charge in [-0.3, -0.25) is 9.59 Å². The predicted octanol–water partition coefficient (Wildman–Crippen LogP) is -0.627. The lowest BCUT2D eigenvalue weighted by Gasteiger charge is -2.19. The molecule has 1 saturated heterocycles. The Balaban J connectivity index is 2.23. The van der Waals surface area contributed by atoms with Gasteiger partial charge in [-0.25, -0.2) is 0 Å². The van der Waals surface area contributed by atoms with E-state index in [2.05, 4.69) is 5.32 Å². The van der Waals surface area contributed by atoms with Gasteiger partial charge in [-0.15, -0.1) is 11.8 Å². The summed E-state index contributed by atoms with van der Waals surface area (Å²) in [4.78, 5) is 24.1. The van der Waals surface area contributed by atoms with Crippen LogP contribution in [0.25, 0.3) is 0 Å². The zero-order valence-electron chi connectivity index (χ0n) is 8.86. The maximum Gasteiger partial charge on any atom is 0.240 e. The molecule has 1 aliphatic rings. The standard InChI is InChI=1S/C9H17N3O2S/c1-7(13)11-3-2-8(10)9(14)12-4-5-15-6-12/h8H,2-6,10H2,1H3,(H,11,13). The highest BCUT2D eigenvalue weighted by Crippen LogP contribution is 2.14. The summed E-state index contributed by atoms with van der Waals surface area (Å²) < 4.78 is 0. The molecule has 0 aliphatic carbocycles. The average molecular weight is 231 g/mol. The van der Waals surface area contributed by atoms with Gasteiger partial charge in [0.1, 0.15) is 0 Å². The van der Waals surface area contributed by atoms with Crippen LogP contribution in [0.4, 0.5) is 0 Å². The SMILES string of the molecule is CC(=O)NCCC(N)C(=O)N1CCSC1. The van der Waals surface area contributed by atoms with Gasteiger partial charge in [0.25, 0.3) is 0 Å². The van der Waals surface area contributed by atoms with Crippen molar-refractivity contribution in [2.45, 2.75) is 19.4 Å². The number of nitrogens with zero attached hydrogens (tertiary/aromatic N) is 1. The number of carbonyl (C=O) groups is 2. The van der Waals surface area contributed by atoms with Gasteiger partial charge in [-0.05, 0) is 6.42 Å². The molecule has 0 radical (unpaired) electrons. The minimum absolute atomic E-state index is 0.00893. The fraction of sp³-hybridized carbons (Fsp3) is 0.778. The van der Waals surface area contributed by atoms with E-state index in [0.717, 1.165) is 18.2 Å². The highest BCUT2D eigenvalue weighted by Gasteiger charge is 2.23. The van der Waals surface area contributed by atoms with Crippen LogP contribution < -0.4 is 11.1 Å². The summed E-state index contributed by atoms with van der Waals surface area (Å²) in [7, 11) is 0. The van der Waals surface area contributed by atoms with E-state index in [4.69, 9.17) is 5.73 Å². The van der Waals surface area contributed by atoms with Crippen molar-refractivity contribution in [3.63, 3.8) is 0 Å². The lowest BCUT2D eigenvalue weighted by molar-refractivity contribution is -0.131. The molecule has 0 aromatic rings. The van der Waals surface area contributed by atoms with Crippen molar-refractivity contribution in [1.29, 1.82) is 0 Å². The molecule has 6 heteroatoms. The summed E-state index contributed by atoms with van der Waals surface area (Å²) in [5, 5.41) is 2.63. The van der Waals surface area contributed by atoms with E-state index in [9.17, 15) is 9.59 Å². The van der Waals surface area contributed by atoms with Crippen LogP contribution in [0.5, 0.6) is 0 Å². The van der Waals surface area contributed by atoms with Crippen molar-refractivity contribution in [2.24, 2.45) is 5.73 Å². The monoisotopic (exact) mass is 231 g/mol. The smallest absolute Gasteiger partial charge is 0.240 e. The van der Waals surface area contributed by atoms with E-state index in [1.807, 2.05) is 0 Å². The normalized spacial score (nSPS) is 17.6. The Morgan fingerprint density at radius 1 is 1.60 bits per heavy atom. The fourth-order valence-electron chi connectivity index (χ4n) is 1.35. The Morgan fingerprint density at radius 3 is 2.87 bits per heavy atom. The zero-order chi connectivity index (χ0) is 11.3. The van der Waals surface area contributed by atoms with E-state index in [1.165, 1.54) is 6.92 Å². The molecule has 1 atom stereocenters. The minimum atomic E-state index is -0.490. The minimum Gasteiger partial charge on any atom is -0.356 e. The van der Waals surface area contributed by atoms with Crippen molar-refractivity contribution in [2.75, 3.05) is 24.7 Å². The summed E-state index contributed by atoms with van der Waals surface area (Å²) in [5.41, 5.74) is 5.73. The van der Waals surface area contributed by atoms with Gasteiger partial charge in [-0.2, -0.15) is 0 Å². The molecule has 0 aromatic carbocycles. The molecule has 1 unspecified atom stereocenters. The second-order valence-electron chi connectivity index (χ2n) is 3.52. The van der Waals surface area contributed by atoms with Gasteiger partial charge in [0, 0.05) is 25.8 Å². The molecule has 0 aromatic heterocycles. The second kappa shape index (κ2) is 5.97. The van der Waals surface area contributed by atoms with Crippen LogP contribution in [-0.4, -0.2) is 47.5 Å². The number of amides is 2. The maximum atomic E-state index is 11.7. The zero-order valence-corrected chi connectivity index (χ0v) is 9.68. The highest BCUT2D eigenvalue weighted by atomic mass is 32.2. The molecular formula is C9H17N3O2S. The molecule has 1 heterocycles. The fourth-order valence-corrected chi connectivity index (χ4v) is 2.30. The predicted molar refractivity (Wildman–Crippen MR) is 60.3 cm³/mol. The lowest BCUT2D eigenvalue weighted by atomic mass is 10.2. The molecule has 2 amide bonds. The summed E-state index contributed by atoms with van der Waals surface area (Å²) >= 11 is 1.74. The molecule has 86 valence electrons. The van der Waals surface area contributed by atoms with Crippen molar-refractivity contribution in [1.82, 2.24) is 10.2 Å². The van der Waals surface area contributed by atoms with Crippen LogP contribution in [0.1, 0.15) is 13.3 Å². The largest absolute Gasteiger partial charge is 0.356 e. The van der Waals surface area contributed by atoms with Crippen LogP contribution in [0.2, 0.25) is 0 Å². The summed E-state index contributed by atoms with van der Waals surface area (Å²) in [5.74, 6) is 1.63. The third-order valence-corrected chi connectivity index (χ3v) is 3.18. The molecule has 1 aliphatic heterocycles. The van der Waals surface area contributed by atoms with E-state index in [-0.39, 0.29) is 11.8 Å². The quantitative estimate of drug-likeness (QED) is 0.675. The van der Waals surface area contributed by atoms with Gasteiger partial charge in [0.2, 0.25) is 11.8 Å². The maximum absolute atomic E-state index is 11.7. The van der Waals surface area contributed by atoms with Crippen LogP contribution in [-0.2, 0) is 9.59 Å². The van der Waals surface area contributed by atoms with Crippen molar-refractivity contribution in [3.8, 4) is 0 Å². The number of hydrogen-bond acceptors (Lipinski definition) is 4. The third kappa shape index (κ3) is 4.09. The molecular weight excluding hydrogens is 214 g/mol.